The molecule has 2 aromatic heterocycles. The number of anilines is 1. The van der Waals surface area contributed by atoms with Crippen LogP contribution in [-0.4, -0.2) is 19.9 Å². The Morgan fingerprint density at radius 2 is 1.79 bits per heavy atom. The Kier molecular flexibility index (Phi) is 4.89. The summed E-state index contributed by atoms with van der Waals surface area (Å²) >= 11 is 1.54. The molecule has 0 saturated carbocycles. The van der Waals surface area contributed by atoms with Gasteiger partial charge < -0.3 is 10.4 Å². The molecule has 0 aliphatic rings. The summed E-state index contributed by atoms with van der Waals surface area (Å²) in [6.45, 7) is 0. The Labute approximate surface area is 163 Å². The molecule has 28 heavy (non-hydrogen) atoms. The van der Waals surface area contributed by atoms with Gasteiger partial charge in [-0.05, 0) is 24.3 Å². The van der Waals surface area contributed by atoms with Crippen molar-refractivity contribution < 1.29 is 13.9 Å². The van der Waals surface area contributed by atoms with Crippen molar-refractivity contribution >= 4 is 17.0 Å². The van der Waals surface area contributed by atoms with E-state index in [4.69, 9.17) is 0 Å². The van der Waals surface area contributed by atoms with Crippen LogP contribution in [0.15, 0.2) is 60.1 Å². The van der Waals surface area contributed by atoms with Crippen molar-refractivity contribution in [2.24, 2.45) is 7.05 Å². The first kappa shape index (κ1) is 18.3. The van der Waals surface area contributed by atoms with E-state index in [-0.39, 0.29) is 5.69 Å². The molecule has 0 fully saturated rings. The van der Waals surface area contributed by atoms with Gasteiger partial charge in [0, 0.05) is 29.8 Å². The van der Waals surface area contributed by atoms with Crippen LogP contribution in [0.1, 0.15) is 11.9 Å². The number of thiazole rings is 1. The van der Waals surface area contributed by atoms with Gasteiger partial charge in [0.15, 0.2) is 6.23 Å². The minimum absolute atomic E-state index is 0.250. The molecule has 0 aliphatic carbocycles. The molecule has 0 spiro atoms. The second-order valence-corrected chi connectivity index (χ2v) is 7.03. The van der Waals surface area contributed by atoms with Crippen LogP contribution in [0.2, 0.25) is 0 Å². The van der Waals surface area contributed by atoms with Gasteiger partial charge in [-0.25, -0.2) is 13.8 Å². The van der Waals surface area contributed by atoms with Crippen LogP contribution in [-0.2, 0) is 7.05 Å². The molecule has 0 amide bonds. The minimum Gasteiger partial charge on any atom is -0.368 e. The quantitative estimate of drug-likeness (QED) is 0.483. The van der Waals surface area contributed by atoms with Crippen LogP contribution in [0, 0.1) is 11.6 Å². The number of para-hydroxylation sites is 1. The Balaban J connectivity index is 1.63. The standard InChI is InChI=1S/C20H16F2N4OS/c1-26-17(12-4-2-5-13(10-12)20-23-8-9-28-20)11-16(25-26)19(27)24-18-14(21)6-3-7-15(18)22/h2-11,19,24,27H,1H3. The number of nitrogens with one attached hydrogen (secondary N) is 1. The van der Waals surface area contributed by atoms with E-state index in [9.17, 15) is 13.9 Å². The van der Waals surface area contributed by atoms with Crippen molar-refractivity contribution in [3.05, 3.63) is 77.4 Å². The van der Waals surface area contributed by atoms with E-state index in [0.29, 0.717) is 0 Å². The topological polar surface area (TPSA) is 63.0 Å². The third-order valence-electron chi connectivity index (χ3n) is 4.26. The summed E-state index contributed by atoms with van der Waals surface area (Å²) in [6, 6.07) is 13.0. The lowest BCUT2D eigenvalue weighted by atomic mass is 10.1. The fourth-order valence-corrected chi connectivity index (χ4v) is 3.55. The highest BCUT2D eigenvalue weighted by Gasteiger charge is 2.18. The molecule has 2 heterocycles. The van der Waals surface area contributed by atoms with Crippen molar-refractivity contribution in [1.29, 1.82) is 0 Å². The summed E-state index contributed by atoms with van der Waals surface area (Å²) < 4.78 is 29.2. The Morgan fingerprint density at radius 3 is 2.50 bits per heavy atom. The average Bonchev–Trinajstić information content (AvgIpc) is 3.35. The molecular weight excluding hydrogens is 382 g/mol. The zero-order valence-electron chi connectivity index (χ0n) is 14.8. The number of rotatable bonds is 5. The summed E-state index contributed by atoms with van der Waals surface area (Å²) in [5.74, 6) is -1.57. The van der Waals surface area contributed by atoms with Crippen LogP contribution in [0.3, 0.4) is 0 Å². The van der Waals surface area contributed by atoms with Crippen LogP contribution < -0.4 is 5.32 Å². The SMILES string of the molecule is Cn1nc(C(O)Nc2c(F)cccc2F)cc1-c1cccc(-c2nccs2)c1. The number of aliphatic hydroxyl groups is 1. The first-order valence-corrected chi connectivity index (χ1v) is 9.34. The van der Waals surface area contributed by atoms with Gasteiger partial charge in [0.2, 0.25) is 0 Å². The van der Waals surface area contributed by atoms with Gasteiger partial charge in [0.1, 0.15) is 28.0 Å². The fourth-order valence-electron chi connectivity index (χ4n) is 2.92. The number of hydrogen-bond acceptors (Lipinski definition) is 5. The highest BCUT2D eigenvalue weighted by molar-refractivity contribution is 7.13. The second kappa shape index (κ2) is 7.49. The lowest BCUT2D eigenvalue weighted by Crippen LogP contribution is -2.13. The van der Waals surface area contributed by atoms with E-state index < -0.39 is 23.5 Å². The average molecular weight is 398 g/mol. The van der Waals surface area contributed by atoms with Crippen LogP contribution >= 0.6 is 11.3 Å². The zero-order chi connectivity index (χ0) is 19.7. The highest BCUT2D eigenvalue weighted by atomic mass is 32.1. The number of halogens is 2. The first-order valence-electron chi connectivity index (χ1n) is 8.46. The number of hydrogen-bond donors (Lipinski definition) is 2. The van der Waals surface area contributed by atoms with Crippen LogP contribution in [0.5, 0.6) is 0 Å². The van der Waals surface area contributed by atoms with Crippen LogP contribution in [0.25, 0.3) is 21.8 Å². The maximum atomic E-state index is 13.8. The molecule has 4 rings (SSSR count). The van der Waals surface area contributed by atoms with Gasteiger partial charge in [0.05, 0.1) is 5.69 Å². The molecule has 1 atom stereocenters. The molecule has 8 heteroatoms. The number of nitrogens with zero attached hydrogens (tertiary/aromatic N) is 3. The van der Waals surface area contributed by atoms with Gasteiger partial charge in [-0.2, -0.15) is 5.10 Å². The van der Waals surface area contributed by atoms with E-state index in [1.807, 2.05) is 29.6 Å². The van der Waals surface area contributed by atoms with Gasteiger partial charge in [-0.3, -0.25) is 4.68 Å². The van der Waals surface area contributed by atoms with Crippen molar-refractivity contribution in [1.82, 2.24) is 14.8 Å². The lowest BCUT2D eigenvalue weighted by Gasteiger charge is -2.13. The number of aryl methyl sites for hydroxylation is 1. The first-order chi connectivity index (χ1) is 13.5. The monoisotopic (exact) mass is 398 g/mol. The summed E-state index contributed by atoms with van der Waals surface area (Å²) in [4.78, 5) is 4.32. The fraction of sp³-hybridized carbons (Fsp3) is 0.100. The van der Waals surface area contributed by atoms with Crippen molar-refractivity contribution in [3.8, 4) is 21.8 Å². The summed E-state index contributed by atoms with van der Waals surface area (Å²) in [5.41, 5.74) is 2.47. The van der Waals surface area contributed by atoms with E-state index in [1.54, 1.807) is 35.3 Å². The molecule has 2 aromatic carbocycles. The van der Waals surface area contributed by atoms with Crippen molar-refractivity contribution in [3.63, 3.8) is 0 Å². The number of benzene rings is 2. The molecule has 4 aromatic rings. The molecular formula is C20H16F2N4OS. The van der Waals surface area contributed by atoms with Crippen LogP contribution in [0.4, 0.5) is 14.5 Å². The van der Waals surface area contributed by atoms with E-state index in [1.165, 1.54) is 6.07 Å². The molecule has 0 saturated heterocycles. The second-order valence-electron chi connectivity index (χ2n) is 6.14. The molecule has 142 valence electrons. The third-order valence-corrected chi connectivity index (χ3v) is 5.08. The summed E-state index contributed by atoms with van der Waals surface area (Å²) in [5, 5.41) is 19.9. The number of aromatic nitrogens is 3. The Bertz CT molecular complexity index is 1090. The van der Waals surface area contributed by atoms with Gasteiger partial charge in [-0.1, -0.05) is 24.3 Å². The summed E-state index contributed by atoms with van der Waals surface area (Å²) in [6.07, 6.45) is 0.382. The maximum absolute atomic E-state index is 13.8. The van der Waals surface area contributed by atoms with Crippen molar-refractivity contribution in [2.75, 3.05) is 5.32 Å². The van der Waals surface area contributed by atoms with Crippen molar-refractivity contribution in [2.45, 2.75) is 6.23 Å². The molecule has 0 bridgehead atoms. The molecule has 0 radical (unpaired) electrons. The van der Waals surface area contributed by atoms with E-state index in [0.717, 1.165) is 34.0 Å². The molecule has 5 nitrogen and oxygen atoms in total. The molecule has 1 unspecified atom stereocenters. The van der Waals surface area contributed by atoms with Gasteiger partial charge >= 0.3 is 0 Å². The lowest BCUT2D eigenvalue weighted by molar-refractivity contribution is 0.201. The van der Waals surface area contributed by atoms with E-state index >= 15 is 0 Å². The summed E-state index contributed by atoms with van der Waals surface area (Å²) in [7, 11) is 1.74. The third kappa shape index (κ3) is 3.51. The predicted molar refractivity (Wildman–Crippen MR) is 105 cm³/mol. The zero-order valence-corrected chi connectivity index (χ0v) is 15.6. The smallest absolute Gasteiger partial charge is 0.170 e. The normalized spacial score (nSPS) is 12.1. The molecule has 2 N–H and O–H groups in total. The van der Waals surface area contributed by atoms with Gasteiger partial charge in [-0.15, -0.1) is 11.3 Å². The predicted octanol–water partition coefficient (Wildman–Crippen LogP) is 4.59. The molecule has 0 aliphatic heterocycles. The Hall–Kier alpha value is -3.10. The highest BCUT2D eigenvalue weighted by Crippen LogP contribution is 2.29. The maximum Gasteiger partial charge on any atom is 0.170 e. The van der Waals surface area contributed by atoms with Gasteiger partial charge in [0.25, 0.3) is 0 Å². The number of aliphatic hydroxyl groups excluding tert-OH is 1. The Morgan fingerprint density at radius 1 is 1.07 bits per heavy atom. The van der Waals surface area contributed by atoms with E-state index in [2.05, 4.69) is 15.4 Å². The largest absolute Gasteiger partial charge is 0.368 e. The minimum atomic E-state index is -1.37.